The summed E-state index contributed by atoms with van der Waals surface area (Å²) in [6, 6.07) is 17.4. The maximum atomic E-state index is 6.31. The second-order valence-electron chi connectivity index (χ2n) is 10.1. The summed E-state index contributed by atoms with van der Waals surface area (Å²) in [5.74, 6) is 3.24. The molecule has 0 radical (unpaired) electrons. The van der Waals surface area contributed by atoms with Crippen LogP contribution in [0.25, 0.3) is 28.2 Å². The van der Waals surface area contributed by atoms with Gasteiger partial charge in [-0.3, -0.25) is 14.2 Å². The molecule has 0 amide bonds. The molecule has 204 valence electrons. The molecule has 5 heterocycles. The molecule has 10 heteroatoms. The summed E-state index contributed by atoms with van der Waals surface area (Å²) in [7, 11) is 0. The van der Waals surface area contributed by atoms with Crippen LogP contribution in [-0.4, -0.2) is 75.6 Å². The fourth-order valence-corrected chi connectivity index (χ4v) is 6.00. The van der Waals surface area contributed by atoms with Crippen molar-refractivity contribution in [2.24, 2.45) is 0 Å². The first kappa shape index (κ1) is 26.1. The Balaban J connectivity index is 1.30. The number of piperidine rings is 1. The topological polar surface area (TPSA) is 97.4 Å². The first-order chi connectivity index (χ1) is 19.2. The minimum Gasteiger partial charge on any atom is -0.383 e. The van der Waals surface area contributed by atoms with Crippen molar-refractivity contribution in [1.82, 2.24) is 29.1 Å². The van der Waals surface area contributed by atoms with Gasteiger partial charge in [0.15, 0.2) is 11.5 Å². The lowest BCUT2D eigenvalue weighted by molar-refractivity contribution is 0.122. The smallest absolute Gasteiger partial charge is 0.167 e. The van der Waals surface area contributed by atoms with Gasteiger partial charge in [0.2, 0.25) is 0 Å². The number of hydrogen-bond donors (Lipinski definition) is 2. The lowest BCUT2D eigenvalue weighted by Gasteiger charge is -2.32. The van der Waals surface area contributed by atoms with E-state index in [9.17, 15) is 0 Å². The zero-order valence-corrected chi connectivity index (χ0v) is 23.2. The highest BCUT2D eigenvalue weighted by molar-refractivity contribution is 7.97. The quantitative estimate of drug-likeness (QED) is 0.318. The summed E-state index contributed by atoms with van der Waals surface area (Å²) in [4.78, 5) is 19.2. The van der Waals surface area contributed by atoms with Crippen molar-refractivity contribution in [2.45, 2.75) is 32.4 Å². The molecule has 0 saturated carbocycles. The number of aromatic nitrogens is 4. The number of imidazole rings is 1. The number of likely N-dealkylation sites (tertiary alicyclic amines) is 1. The Kier molecular flexibility index (Phi) is 7.96. The number of hydrogen-bond acceptors (Lipinski definition) is 9. The third kappa shape index (κ3) is 5.74. The van der Waals surface area contributed by atoms with E-state index in [1.807, 2.05) is 36.2 Å². The number of nitrogens with one attached hydrogen (secondary N) is 1. The van der Waals surface area contributed by atoms with Gasteiger partial charge < -0.3 is 15.4 Å². The molecule has 0 atom stereocenters. The molecule has 9 nitrogen and oxygen atoms in total. The minimum atomic E-state index is 0.453. The maximum absolute atomic E-state index is 6.31. The maximum Gasteiger partial charge on any atom is 0.167 e. The van der Waals surface area contributed by atoms with Crippen molar-refractivity contribution >= 4 is 34.7 Å². The predicted molar refractivity (Wildman–Crippen MR) is 159 cm³/mol. The van der Waals surface area contributed by atoms with Crippen molar-refractivity contribution < 1.29 is 4.74 Å². The van der Waals surface area contributed by atoms with E-state index in [0.29, 0.717) is 25.1 Å². The lowest BCUT2D eigenvalue weighted by atomic mass is 10.1. The number of benzene rings is 1. The number of nitrogens with two attached hydrogens (primary N) is 1. The van der Waals surface area contributed by atoms with Crippen LogP contribution in [0, 0.1) is 0 Å². The third-order valence-electron chi connectivity index (χ3n) is 7.49. The summed E-state index contributed by atoms with van der Waals surface area (Å²) in [5, 5.41) is 0. The molecular weight excluding hydrogens is 508 g/mol. The number of nitrogen functional groups attached to an aromatic ring is 1. The molecule has 6 rings (SSSR count). The number of nitrogens with zero attached hydrogens (tertiary/aromatic N) is 6. The Hall–Kier alpha value is -3.18. The first-order valence-corrected chi connectivity index (χ1v) is 14.8. The van der Waals surface area contributed by atoms with E-state index in [-0.39, 0.29) is 0 Å². The molecule has 4 aromatic rings. The molecule has 3 aromatic heterocycles. The van der Waals surface area contributed by atoms with Crippen LogP contribution in [0.3, 0.4) is 0 Å². The molecule has 39 heavy (non-hydrogen) atoms. The van der Waals surface area contributed by atoms with E-state index >= 15 is 0 Å². The third-order valence-corrected chi connectivity index (χ3v) is 8.28. The van der Waals surface area contributed by atoms with Crippen molar-refractivity contribution in [3.63, 3.8) is 0 Å². The molecule has 0 unspecified atom stereocenters. The fraction of sp³-hybridized carbons (Fsp3) is 0.414. The molecule has 2 saturated heterocycles. The minimum absolute atomic E-state index is 0.453. The number of pyridine rings is 2. The Bertz CT molecular complexity index is 1390. The first-order valence-electron chi connectivity index (χ1n) is 13.8. The van der Waals surface area contributed by atoms with Gasteiger partial charge in [-0.25, -0.2) is 15.0 Å². The van der Waals surface area contributed by atoms with E-state index < -0.39 is 0 Å². The summed E-state index contributed by atoms with van der Waals surface area (Å²) < 4.78 is 11.3. The monoisotopic (exact) mass is 544 g/mol. The van der Waals surface area contributed by atoms with E-state index in [1.165, 1.54) is 18.4 Å². The highest BCUT2D eigenvalue weighted by atomic mass is 32.2. The molecule has 0 spiro atoms. The van der Waals surface area contributed by atoms with Gasteiger partial charge in [0.05, 0.1) is 18.8 Å². The van der Waals surface area contributed by atoms with Crippen LogP contribution < -0.4 is 15.4 Å². The summed E-state index contributed by atoms with van der Waals surface area (Å²) >= 11 is 1.83. The highest BCUT2D eigenvalue weighted by Gasteiger charge is 2.21. The van der Waals surface area contributed by atoms with Crippen LogP contribution in [-0.2, 0) is 11.3 Å². The Morgan fingerprint density at radius 2 is 1.79 bits per heavy atom. The van der Waals surface area contributed by atoms with Gasteiger partial charge in [0.25, 0.3) is 0 Å². The zero-order valence-electron chi connectivity index (χ0n) is 22.4. The largest absolute Gasteiger partial charge is 0.383 e. The molecule has 2 fully saturated rings. The SMILES string of the molecule is CCSNC1CCN(Cc2ccc(-n3c(-c4cccnc4N)nc4ccc(N5CCOCC5)nc43)cc2)CC1. The molecule has 3 N–H and O–H groups in total. The van der Waals surface area contributed by atoms with Gasteiger partial charge >= 0.3 is 0 Å². The van der Waals surface area contributed by atoms with Crippen LogP contribution in [0.5, 0.6) is 0 Å². The number of rotatable bonds is 8. The van der Waals surface area contributed by atoms with Crippen molar-refractivity contribution in [3.05, 3.63) is 60.3 Å². The molecule has 2 aliphatic heterocycles. The van der Waals surface area contributed by atoms with Crippen LogP contribution in [0.15, 0.2) is 54.7 Å². The second kappa shape index (κ2) is 11.9. The second-order valence-corrected chi connectivity index (χ2v) is 11.2. The van der Waals surface area contributed by atoms with Crippen LogP contribution >= 0.6 is 11.9 Å². The Labute approximate surface area is 233 Å². The Morgan fingerprint density at radius 3 is 2.54 bits per heavy atom. The molecule has 1 aromatic carbocycles. The number of anilines is 2. The van der Waals surface area contributed by atoms with Gasteiger partial charge in [-0.05, 0) is 67.9 Å². The number of fused-ring (bicyclic) bond motifs is 1. The average molecular weight is 545 g/mol. The average Bonchev–Trinajstić information content (AvgIpc) is 3.36. The van der Waals surface area contributed by atoms with Gasteiger partial charge in [0.1, 0.15) is 17.2 Å². The Morgan fingerprint density at radius 1 is 1.00 bits per heavy atom. The van der Waals surface area contributed by atoms with Gasteiger partial charge in [-0.15, -0.1) is 0 Å². The lowest BCUT2D eigenvalue weighted by Crippen LogP contribution is -2.40. The standard InChI is InChI=1S/C29H36N8OS/c1-2-39-34-22-11-14-35(15-12-22)20-21-5-7-23(8-6-21)37-28(24-4-3-13-31-27(24)30)32-25-9-10-26(33-29(25)37)36-16-18-38-19-17-36/h3-10,13,22,34H,2,11-12,14-20H2,1H3,(H2,30,31). The summed E-state index contributed by atoms with van der Waals surface area (Å²) in [6.45, 7) is 8.47. The van der Waals surface area contributed by atoms with Crippen LogP contribution in [0.4, 0.5) is 11.6 Å². The summed E-state index contributed by atoms with van der Waals surface area (Å²) in [6.07, 6.45) is 4.09. The zero-order chi connectivity index (χ0) is 26.6. The van der Waals surface area contributed by atoms with Gasteiger partial charge in [-0.1, -0.05) is 31.0 Å². The van der Waals surface area contributed by atoms with Gasteiger partial charge in [0, 0.05) is 43.3 Å². The van der Waals surface area contributed by atoms with Gasteiger partial charge in [-0.2, -0.15) is 0 Å². The van der Waals surface area contributed by atoms with Crippen molar-refractivity contribution in [1.29, 1.82) is 0 Å². The van der Waals surface area contributed by atoms with Crippen LogP contribution in [0.2, 0.25) is 0 Å². The van der Waals surface area contributed by atoms with E-state index in [2.05, 4.69) is 55.3 Å². The fourth-order valence-electron chi connectivity index (χ4n) is 5.37. The van der Waals surface area contributed by atoms with E-state index in [1.54, 1.807) is 6.20 Å². The molecular formula is C29H36N8OS. The van der Waals surface area contributed by atoms with Crippen LogP contribution in [0.1, 0.15) is 25.3 Å². The highest BCUT2D eigenvalue weighted by Crippen LogP contribution is 2.31. The van der Waals surface area contributed by atoms with E-state index in [4.69, 9.17) is 20.4 Å². The van der Waals surface area contributed by atoms with E-state index in [0.717, 1.165) is 72.5 Å². The predicted octanol–water partition coefficient (Wildman–Crippen LogP) is 4.12. The summed E-state index contributed by atoms with van der Waals surface area (Å²) in [5.41, 5.74) is 11.1. The molecule has 0 aliphatic carbocycles. The normalized spacial score (nSPS) is 17.2. The molecule has 0 bridgehead atoms. The number of morpholine rings is 1. The number of ether oxygens (including phenoxy) is 1. The van der Waals surface area contributed by atoms with Crippen molar-refractivity contribution in [2.75, 3.05) is 55.8 Å². The van der Waals surface area contributed by atoms with Crippen molar-refractivity contribution in [3.8, 4) is 17.1 Å². The molecule has 2 aliphatic rings.